The maximum Gasteiger partial charge on any atom is 0.127 e. The monoisotopic (exact) mass is 279 g/mol. The average molecular weight is 279 g/mol. The first kappa shape index (κ1) is 15.5. The molecule has 1 fully saturated rings. The van der Waals surface area contributed by atoms with Gasteiger partial charge in [0.1, 0.15) is 5.82 Å². The second kappa shape index (κ2) is 6.23. The van der Waals surface area contributed by atoms with E-state index in [0.717, 1.165) is 18.4 Å². The van der Waals surface area contributed by atoms with E-state index < -0.39 is 0 Å². The summed E-state index contributed by atoms with van der Waals surface area (Å²) in [6, 6.07) is 5.08. The van der Waals surface area contributed by atoms with Gasteiger partial charge in [-0.2, -0.15) is 0 Å². The van der Waals surface area contributed by atoms with Gasteiger partial charge in [0.25, 0.3) is 0 Å². The van der Waals surface area contributed by atoms with Crippen LogP contribution < -0.4 is 5.73 Å². The third kappa shape index (κ3) is 4.03. The third-order valence-electron chi connectivity index (χ3n) is 4.16. The number of nitrogens with two attached hydrogens (primary N) is 1. The molecule has 1 aromatic rings. The SMILES string of the molecule is CC1CC(OCc2ccc(F)c(CN)c2)CC(C)(C)C1. The van der Waals surface area contributed by atoms with E-state index in [1.165, 1.54) is 12.5 Å². The molecule has 3 heteroatoms. The lowest BCUT2D eigenvalue weighted by Gasteiger charge is -2.38. The van der Waals surface area contributed by atoms with E-state index in [1.54, 1.807) is 6.07 Å². The van der Waals surface area contributed by atoms with Gasteiger partial charge in [0.05, 0.1) is 12.7 Å². The standard InChI is InChI=1S/C17H26FNO/c1-12-6-15(9-17(2,3)8-12)20-11-13-4-5-16(18)14(7-13)10-19/h4-5,7,12,15H,6,8-11,19H2,1-3H3. The molecule has 1 aliphatic rings. The molecule has 0 aromatic heterocycles. The molecular formula is C17H26FNO. The number of rotatable bonds is 4. The first-order valence-electron chi connectivity index (χ1n) is 7.48. The van der Waals surface area contributed by atoms with Crippen LogP contribution in [0.2, 0.25) is 0 Å². The van der Waals surface area contributed by atoms with E-state index in [9.17, 15) is 4.39 Å². The molecule has 0 saturated heterocycles. The van der Waals surface area contributed by atoms with Crippen molar-refractivity contribution in [1.82, 2.24) is 0 Å². The Morgan fingerprint density at radius 1 is 1.35 bits per heavy atom. The maximum absolute atomic E-state index is 13.4. The summed E-state index contributed by atoms with van der Waals surface area (Å²) in [5, 5.41) is 0. The van der Waals surface area contributed by atoms with E-state index in [1.807, 2.05) is 6.07 Å². The Morgan fingerprint density at radius 3 is 2.75 bits per heavy atom. The minimum Gasteiger partial charge on any atom is -0.374 e. The molecular weight excluding hydrogens is 253 g/mol. The van der Waals surface area contributed by atoms with Gasteiger partial charge < -0.3 is 10.5 Å². The van der Waals surface area contributed by atoms with Crippen molar-refractivity contribution in [1.29, 1.82) is 0 Å². The Hall–Kier alpha value is -0.930. The predicted octanol–water partition coefficient (Wildman–Crippen LogP) is 4.02. The van der Waals surface area contributed by atoms with Gasteiger partial charge in [-0.15, -0.1) is 0 Å². The lowest BCUT2D eigenvalue weighted by Crippen LogP contribution is -2.32. The van der Waals surface area contributed by atoms with Crippen LogP contribution in [0.15, 0.2) is 18.2 Å². The van der Waals surface area contributed by atoms with Crippen molar-refractivity contribution in [3.05, 3.63) is 35.1 Å². The third-order valence-corrected chi connectivity index (χ3v) is 4.16. The van der Waals surface area contributed by atoms with Gasteiger partial charge in [0.2, 0.25) is 0 Å². The maximum atomic E-state index is 13.4. The lowest BCUT2D eigenvalue weighted by atomic mass is 9.71. The van der Waals surface area contributed by atoms with E-state index in [-0.39, 0.29) is 12.4 Å². The number of hydrogen-bond donors (Lipinski definition) is 1. The van der Waals surface area contributed by atoms with Gasteiger partial charge in [-0.1, -0.05) is 26.8 Å². The van der Waals surface area contributed by atoms with Crippen LogP contribution in [0, 0.1) is 17.2 Å². The fourth-order valence-electron chi connectivity index (χ4n) is 3.47. The van der Waals surface area contributed by atoms with Gasteiger partial charge in [-0.3, -0.25) is 0 Å². The van der Waals surface area contributed by atoms with Crippen molar-refractivity contribution < 1.29 is 9.13 Å². The van der Waals surface area contributed by atoms with Gasteiger partial charge in [-0.05, 0) is 48.3 Å². The van der Waals surface area contributed by atoms with Crippen molar-refractivity contribution in [2.24, 2.45) is 17.1 Å². The van der Waals surface area contributed by atoms with Gasteiger partial charge >= 0.3 is 0 Å². The molecule has 0 aliphatic heterocycles. The summed E-state index contributed by atoms with van der Waals surface area (Å²) >= 11 is 0. The number of ether oxygens (including phenoxy) is 1. The first-order chi connectivity index (χ1) is 9.39. The van der Waals surface area contributed by atoms with Crippen LogP contribution >= 0.6 is 0 Å². The highest BCUT2D eigenvalue weighted by atomic mass is 19.1. The molecule has 20 heavy (non-hydrogen) atoms. The molecule has 1 aromatic carbocycles. The number of halogens is 1. The van der Waals surface area contributed by atoms with Crippen molar-refractivity contribution >= 4 is 0 Å². The molecule has 0 radical (unpaired) electrons. The summed E-state index contributed by atoms with van der Waals surface area (Å²) in [5.41, 5.74) is 7.45. The normalized spacial score (nSPS) is 25.6. The summed E-state index contributed by atoms with van der Waals surface area (Å²) in [4.78, 5) is 0. The second-order valence-corrected chi connectivity index (χ2v) is 6.98. The Labute approximate surface area is 121 Å². The Balaban J connectivity index is 1.95. The summed E-state index contributed by atoms with van der Waals surface area (Å²) in [5.74, 6) is 0.472. The van der Waals surface area contributed by atoms with Crippen LogP contribution in [0.4, 0.5) is 4.39 Å². The zero-order valence-corrected chi connectivity index (χ0v) is 12.8. The zero-order valence-electron chi connectivity index (χ0n) is 12.8. The molecule has 2 rings (SSSR count). The van der Waals surface area contributed by atoms with Crippen molar-refractivity contribution in [2.45, 2.75) is 59.3 Å². The van der Waals surface area contributed by atoms with Gasteiger partial charge in [0, 0.05) is 12.1 Å². The van der Waals surface area contributed by atoms with E-state index >= 15 is 0 Å². The minimum atomic E-state index is -0.233. The van der Waals surface area contributed by atoms with E-state index in [4.69, 9.17) is 10.5 Å². The number of benzene rings is 1. The average Bonchev–Trinajstić information content (AvgIpc) is 2.35. The van der Waals surface area contributed by atoms with Crippen molar-refractivity contribution in [3.63, 3.8) is 0 Å². The summed E-state index contributed by atoms with van der Waals surface area (Å²) in [6.45, 7) is 7.68. The summed E-state index contributed by atoms with van der Waals surface area (Å²) < 4.78 is 19.4. The smallest absolute Gasteiger partial charge is 0.127 e. The van der Waals surface area contributed by atoms with Crippen LogP contribution in [-0.4, -0.2) is 6.10 Å². The number of hydrogen-bond acceptors (Lipinski definition) is 2. The summed E-state index contributed by atoms with van der Waals surface area (Å²) in [6.07, 6.45) is 3.79. The molecule has 0 bridgehead atoms. The van der Waals surface area contributed by atoms with E-state index in [2.05, 4.69) is 20.8 Å². The Bertz CT molecular complexity index is 458. The minimum absolute atomic E-state index is 0.229. The first-order valence-corrected chi connectivity index (χ1v) is 7.48. The van der Waals surface area contributed by atoms with E-state index in [0.29, 0.717) is 29.6 Å². The molecule has 2 atom stereocenters. The lowest BCUT2D eigenvalue weighted by molar-refractivity contribution is -0.0316. The molecule has 1 aliphatic carbocycles. The summed E-state index contributed by atoms with van der Waals surface area (Å²) in [7, 11) is 0. The van der Waals surface area contributed by atoms with Crippen molar-refractivity contribution in [2.75, 3.05) is 0 Å². The highest BCUT2D eigenvalue weighted by Crippen LogP contribution is 2.39. The highest BCUT2D eigenvalue weighted by Gasteiger charge is 2.32. The molecule has 0 spiro atoms. The topological polar surface area (TPSA) is 35.2 Å². The fourth-order valence-corrected chi connectivity index (χ4v) is 3.47. The quantitative estimate of drug-likeness (QED) is 0.903. The second-order valence-electron chi connectivity index (χ2n) is 6.98. The molecule has 112 valence electrons. The zero-order chi connectivity index (χ0) is 14.8. The molecule has 2 nitrogen and oxygen atoms in total. The molecule has 2 unspecified atom stereocenters. The van der Waals surface area contributed by atoms with Crippen LogP contribution in [0.3, 0.4) is 0 Å². The van der Waals surface area contributed by atoms with Gasteiger partial charge in [0.15, 0.2) is 0 Å². The molecule has 1 saturated carbocycles. The fraction of sp³-hybridized carbons (Fsp3) is 0.647. The Morgan fingerprint density at radius 2 is 2.10 bits per heavy atom. The molecule has 0 amide bonds. The van der Waals surface area contributed by atoms with Gasteiger partial charge in [-0.25, -0.2) is 4.39 Å². The molecule has 0 heterocycles. The largest absolute Gasteiger partial charge is 0.374 e. The predicted molar refractivity (Wildman–Crippen MR) is 79.7 cm³/mol. The van der Waals surface area contributed by atoms with Crippen LogP contribution in [-0.2, 0) is 17.9 Å². The van der Waals surface area contributed by atoms with Crippen LogP contribution in [0.25, 0.3) is 0 Å². The Kier molecular flexibility index (Phi) is 4.82. The van der Waals surface area contributed by atoms with Crippen LogP contribution in [0.1, 0.15) is 51.2 Å². The van der Waals surface area contributed by atoms with Crippen molar-refractivity contribution in [3.8, 4) is 0 Å². The molecule has 2 N–H and O–H groups in total. The van der Waals surface area contributed by atoms with Crippen LogP contribution in [0.5, 0.6) is 0 Å². The highest BCUT2D eigenvalue weighted by molar-refractivity contribution is 5.24.